The minimum Gasteiger partial charge on any atom is -0.379 e. The molecule has 0 aromatic carbocycles. The van der Waals surface area contributed by atoms with Crippen LogP contribution in [0, 0.1) is 13.8 Å². The highest BCUT2D eigenvalue weighted by Gasteiger charge is 2.28. The Kier molecular flexibility index (Phi) is 6.23. The van der Waals surface area contributed by atoms with Gasteiger partial charge in [0.15, 0.2) is 0 Å². The van der Waals surface area contributed by atoms with Gasteiger partial charge in [-0.15, -0.1) is 0 Å². The molecule has 3 heterocycles. The standard InChI is InChI=1S/C18H24N2O4S/c1-12-15(13(2)24-20-12)9-23-17-5-7-22-10-16(17)19-18(21)4-3-14-6-8-25-11-14/h6,8,11,16-17H,3-5,7,9-10H2,1-2H3,(H,19,21)/t16-,17+/m1/s1. The van der Waals surface area contributed by atoms with Crippen molar-refractivity contribution >= 4 is 17.2 Å². The summed E-state index contributed by atoms with van der Waals surface area (Å²) in [6.07, 6.45) is 1.93. The number of ether oxygens (including phenoxy) is 2. The number of thiophene rings is 1. The summed E-state index contributed by atoms with van der Waals surface area (Å²) in [4.78, 5) is 12.2. The van der Waals surface area contributed by atoms with Gasteiger partial charge in [0.2, 0.25) is 5.91 Å². The molecular formula is C18H24N2O4S. The first-order valence-electron chi connectivity index (χ1n) is 8.55. The number of aryl methyl sites for hydroxylation is 3. The Bertz CT molecular complexity index is 664. The van der Waals surface area contributed by atoms with Crippen molar-refractivity contribution in [1.82, 2.24) is 10.5 Å². The second kappa shape index (κ2) is 8.60. The Balaban J connectivity index is 1.50. The molecule has 2 aromatic rings. The summed E-state index contributed by atoms with van der Waals surface area (Å²) in [5, 5.41) is 11.1. The van der Waals surface area contributed by atoms with E-state index >= 15 is 0 Å². The smallest absolute Gasteiger partial charge is 0.220 e. The Morgan fingerprint density at radius 3 is 3.08 bits per heavy atom. The van der Waals surface area contributed by atoms with Crippen LogP contribution >= 0.6 is 11.3 Å². The van der Waals surface area contributed by atoms with E-state index in [1.807, 2.05) is 19.2 Å². The molecule has 6 nitrogen and oxygen atoms in total. The van der Waals surface area contributed by atoms with Gasteiger partial charge in [-0.3, -0.25) is 4.79 Å². The van der Waals surface area contributed by atoms with Crippen LogP contribution in [0.15, 0.2) is 21.3 Å². The minimum atomic E-state index is -0.121. The summed E-state index contributed by atoms with van der Waals surface area (Å²) in [6.45, 7) is 5.35. The fourth-order valence-electron chi connectivity index (χ4n) is 2.92. The Morgan fingerprint density at radius 1 is 1.48 bits per heavy atom. The molecule has 7 heteroatoms. The first-order chi connectivity index (χ1) is 12.1. The first kappa shape index (κ1) is 18.1. The number of nitrogens with one attached hydrogen (secondary N) is 1. The lowest BCUT2D eigenvalue weighted by Crippen LogP contribution is -2.50. The molecule has 1 aliphatic rings. The van der Waals surface area contributed by atoms with Gasteiger partial charge in [-0.25, -0.2) is 0 Å². The predicted octanol–water partition coefficient (Wildman–Crippen LogP) is 2.78. The highest BCUT2D eigenvalue weighted by molar-refractivity contribution is 7.07. The fourth-order valence-corrected chi connectivity index (χ4v) is 3.63. The van der Waals surface area contributed by atoms with Crippen LogP contribution in [0.2, 0.25) is 0 Å². The molecule has 2 aromatic heterocycles. The van der Waals surface area contributed by atoms with Crippen molar-refractivity contribution in [3.63, 3.8) is 0 Å². The molecule has 0 unspecified atom stereocenters. The Hall–Kier alpha value is -1.70. The fraction of sp³-hybridized carbons (Fsp3) is 0.556. The SMILES string of the molecule is Cc1noc(C)c1CO[C@H]1CCOC[C@H]1NC(=O)CCc1ccsc1. The van der Waals surface area contributed by atoms with Gasteiger partial charge in [-0.05, 0) is 49.1 Å². The molecule has 0 aliphatic carbocycles. The molecule has 1 aliphatic heterocycles. The minimum absolute atomic E-state index is 0.0349. The maximum Gasteiger partial charge on any atom is 0.220 e. The molecule has 0 spiro atoms. The van der Waals surface area contributed by atoms with Crippen molar-refractivity contribution in [2.45, 2.75) is 51.9 Å². The zero-order chi connectivity index (χ0) is 17.6. The molecule has 3 rings (SSSR count). The van der Waals surface area contributed by atoms with E-state index in [9.17, 15) is 4.79 Å². The van der Waals surface area contributed by atoms with E-state index in [0.717, 1.165) is 29.9 Å². The zero-order valence-corrected chi connectivity index (χ0v) is 15.4. The van der Waals surface area contributed by atoms with Crippen molar-refractivity contribution in [2.75, 3.05) is 13.2 Å². The summed E-state index contributed by atoms with van der Waals surface area (Å²) in [7, 11) is 0. The largest absolute Gasteiger partial charge is 0.379 e. The number of hydrogen-bond donors (Lipinski definition) is 1. The highest BCUT2D eigenvalue weighted by atomic mass is 32.1. The lowest BCUT2D eigenvalue weighted by molar-refractivity contribution is -0.126. The molecule has 1 amide bonds. The van der Waals surface area contributed by atoms with Crippen molar-refractivity contribution in [3.05, 3.63) is 39.4 Å². The molecule has 1 N–H and O–H groups in total. The van der Waals surface area contributed by atoms with E-state index in [-0.39, 0.29) is 18.1 Å². The van der Waals surface area contributed by atoms with Crippen LogP contribution in [-0.2, 0) is 27.3 Å². The molecule has 25 heavy (non-hydrogen) atoms. The Morgan fingerprint density at radius 2 is 2.36 bits per heavy atom. The zero-order valence-electron chi connectivity index (χ0n) is 14.6. The summed E-state index contributed by atoms with van der Waals surface area (Å²) in [6, 6.07) is 1.93. The number of carbonyl (C=O) groups is 1. The summed E-state index contributed by atoms with van der Waals surface area (Å²) >= 11 is 1.65. The number of aromatic nitrogens is 1. The van der Waals surface area contributed by atoms with E-state index < -0.39 is 0 Å². The monoisotopic (exact) mass is 364 g/mol. The first-order valence-corrected chi connectivity index (χ1v) is 9.49. The van der Waals surface area contributed by atoms with E-state index in [1.165, 1.54) is 5.56 Å². The molecule has 1 fully saturated rings. The third kappa shape index (κ3) is 4.90. The molecule has 2 atom stereocenters. The van der Waals surface area contributed by atoms with Crippen LogP contribution in [0.5, 0.6) is 0 Å². The van der Waals surface area contributed by atoms with Crippen LogP contribution in [0.1, 0.15) is 35.4 Å². The number of hydrogen-bond acceptors (Lipinski definition) is 6. The summed E-state index contributed by atoms with van der Waals surface area (Å²) in [5.74, 6) is 0.813. The van der Waals surface area contributed by atoms with Gasteiger partial charge in [-0.2, -0.15) is 11.3 Å². The second-order valence-electron chi connectivity index (χ2n) is 6.32. The van der Waals surface area contributed by atoms with Crippen LogP contribution in [-0.4, -0.2) is 36.4 Å². The van der Waals surface area contributed by atoms with Crippen LogP contribution in [0.4, 0.5) is 0 Å². The maximum atomic E-state index is 12.2. The number of carbonyl (C=O) groups excluding carboxylic acids is 1. The summed E-state index contributed by atoms with van der Waals surface area (Å²) < 4.78 is 16.8. The van der Waals surface area contributed by atoms with Gasteiger partial charge in [0.1, 0.15) is 5.76 Å². The lowest BCUT2D eigenvalue weighted by Gasteiger charge is -2.32. The quantitative estimate of drug-likeness (QED) is 0.818. The topological polar surface area (TPSA) is 73.6 Å². The van der Waals surface area contributed by atoms with Crippen molar-refractivity contribution in [2.24, 2.45) is 0 Å². The van der Waals surface area contributed by atoms with Gasteiger partial charge < -0.3 is 19.3 Å². The van der Waals surface area contributed by atoms with Gasteiger partial charge in [0, 0.05) is 18.6 Å². The molecule has 0 saturated carbocycles. The van der Waals surface area contributed by atoms with Crippen molar-refractivity contribution < 1.29 is 18.8 Å². The number of rotatable bonds is 7. The van der Waals surface area contributed by atoms with Crippen molar-refractivity contribution in [1.29, 1.82) is 0 Å². The van der Waals surface area contributed by atoms with E-state index in [1.54, 1.807) is 11.3 Å². The van der Waals surface area contributed by atoms with Gasteiger partial charge in [0.25, 0.3) is 0 Å². The average molecular weight is 364 g/mol. The maximum absolute atomic E-state index is 12.2. The summed E-state index contributed by atoms with van der Waals surface area (Å²) in [5.41, 5.74) is 3.03. The average Bonchev–Trinajstić information content (AvgIpc) is 3.23. The Labute approximate surface area is 151 Å². The molecule has 1 saturated heterocycles. The second-order valence-corrected chi connectivity index (χ2v) is 7.10. The van der Waals surface area contributed by atoms with E-state index in [4.69, 9.17) is 14.0 Å². The third-order valence-electron chi connectivity index (χ3n) is 4.48. The van der Waals surface area contributed by atoms with Gasteiger partial charge >= 0.3 is 0 Å². The van der Waals surface area contributed by atoms with Crippen LogP contribution < -0.4 is 5.32 Å². The number of nitrogens with zero attached hydrogens (tertiary/aromatic N) is 1. The van der Waals surface area contributed by atoms with Gasteiger partial charge in [-0.1, -0.05) is 5.16 Å². The van der Waals surface area contributed by atoms with Crippen LogP contribution in [0.3, 0.4) is 0 Å². The third-order valence-corrected chi connectivity index (χ3v) is 5.22. The van der Waals surface area contributed by atoms with E-state index in [0.29, 0.717) is 26.2 Å². The molecular weight excluding hydrogens is 340 g/mol. The molecule has 136 valence electrons. The normalized spacial score (nSPS) is 20.6. The van der Waals surface area contributed by atoms with Crippen LogP contribution in [0.25, 0.3) is 0 Å². The van der Waals surface area contributed by atoms with Crippen molar-refractivity contribution in [3.8, 4) is 0 Å². The van der Waals surface area contributed by atoms with Gasteiger partial charge in [0.05, 0.1) is 31.1 Å². The molecule has 0 radical (unpaired) electrons. The highest BCUT2D eigenvalue weighted by Crippen LogP contribution is 2.18. The number of amides is 1. The predicted molar refractivity (Wildman–Crippen MR) is 94.6 cm³/mol. The lowest BCUT2D eigenvalue weighted by atomic mass is 10.1. The molecule has 0 bridgehead atoms. The van der Waals surface area contributed by atoms with E-state index in [2.05, 4.69) is 21.9 Å².